The van der Waals surface area contributed by atoms with Gasteiger partial charge in [0.15, 0.2) is 5.69 Å². The average molecular weight is 329 g/mol. The SMILES string of the molecule is CS(=O)(=O)NC1CCN(Cc2nc(C(F)(F)F)cs2)C1. The van der Waals surface area contributed by atoms with E-state index in [0.717, 1.165) is 23.0 Å². The Bertz CT molecular complexity index is 571. The zero-order chi connectivity index (χ0) is 15.0. The molecule has 1 aromatic heterocycles. The molecule has 1 saturated heterocycles. The van der Waals surface area contributed by atoms with E-state index in [1.807, 2.05) is 4.90 Å². The molecule has 1 aliphatic rings. The van der Waals surface area contributed by atoms with E-state index in [-0.39, 0.29) is 6.04 Å². The van der Waals surface area contributed by atoms with Crippen LogP contribution in [0.3, 0.4) is 0 Å². The molecule has 1 atom stereocenters. The van der Waals surface area contributed by atoms with Crippen LogP contribution in [0.1, 0.15) is 17.1 Å². The molecule has 1 aliphatic heterocycles. The molecular weight excluding hydrogens is 315 g/mol. The van der Waals surface area contributed by atoms with Gasteiger partial charge in [0.1, 0.15) is 5.01 Å². The average Bonchev–Trinajstić information content (AvgIpc) is 2.85. The molecule has 20 heavy (non-hydrogen) atoms. The topological polar surface area (TPSA) is 62.3 Å². The number of halogens is 3. The highest BCUT2D eigenvalue weighted by molar-refractivity contribution is 7.88. The fourth-order valence-corrected chi connectivity index (χ4v) is 3.72. The minimum absolute atomic E-state index is 0.188. The van der Waals surface area contributed by atoms with Crippen LogP contribution in [0.15, 0.2) is 5.38 Å². The summed E-state index contributed by atoms with van der Waals surface area (Å²) in [4.78, 5) is 5.45. The highest BCUT2D eigenvalue weighted by Gasteiger charge is 2.34. The molecule has 10 heteroatoms. The number of aromatic nitrogens is 1. The first kappa shape index (κ1) is 15.7. The van der Waals surface area contributed by atoms with Gasteiger partial charge in [-0.15, -0.1) is 11.3 Å². The van der Waals surface area contributed by atoms with Crippen molar-refractivity contribution in [3.05, 3.63) is 16.1 Å². The van der Waals surface area contributed by atoms with Crippen molar-refractivity contribution in [3.63, 3.8) is 0 Å². The molecule has 1 N–H and O–H groups in total. The Morgan fingerprint density at radius 1 is 1.55 bits per heavy atom. The summed E-state index contributed by atoms with van der Waals surface area (Å²) in [6.45, 7) is 1.42. The fraction of sp³-hybridized carbons (Fsp3) is 0.700. The third-order valence-electron chi connectivity index (χ3n) is 2.85. The van der Waals surface area contributed by atoms with E-state index in [4.69, 9.17) is 0 Å². The van der Waals surface area contributed by atoms with Crippen molar-refractivity contribution in [2.24, 2.45) is 0 Å². The Morgan fingerprint density at radius 3 is 2.80 bits per heavy atom. The fourth-order valence-electron chi connectivity index (χ4n) is 2.08. The van der Waals surface area contributed by atoms with Gasteiger partial charge in [-0.3, -0.25) is 4.90 Å². The third kappa shape index (κ3) is 4.40. The number of alkyl halides is 3. The van der Waals surface area contributed by atoms with Crippen molar-refractivity contribution in [2.75, 3.05) is 19.3 Å². The van der Waals surface area contributed by atoms with Gasteiger partial charge in [-0.25, -0.2) is 18.1 Å². The number of nitrogens with one attached hydrogen (secondary N) is 1. The van der Waals surface area contributed by atoms with Crippen molar-refractivity contribution in [2.45, 2.75) is 25.2 Å². The lowest BCUT2D eigenvalue weighted by Crippen LogP contribution is -2.36. The maximum absolute atomic E-state index is 12.4. The van der Waals surface area contributed by atoms with E-state index in [2.05, 4.69) is 9.71 Å². The van der Waals surface area contributed by atoms with Crippen LogP contribution < -0.4 is 4.72 Å². The van der Waals surface area contributed by atoms with Crippen molar-refractivity contribution in [3.8, 4) is 0 Å². The van der Waals surface area contributed by atoms with Crippen molar-refractivity contribution >= 4 is 21.4 Å². The smallest absolute Gasteiger partial charge is 0.295 e. The molecule has 0 saturated carbocycles. The van der Waals surface area contributed by atoms with Gasteiger partial charge in [-0.05, 0) is 6.42 Å². The van der Waals surface area contributed by atoms with E-state index in [1.165, 1.54) is 0 Å². The maximum Gasteiger partial charge on any atom is 0.434 e. The van der Waals surface area contributed by atoms with Crippen LogP contribution in [0.4, 0.5) is 13.2 Å². The van der Waals surface area contributed by atoms with Gasteiger partial charge in [-0.2, -0.15) is 13.2 Å². The number of hydrogen-bond acceptors (Lipinski definition) is 5. The lowest BCUT2D eigenvalue weighted by Gasteiger charge is -2.14. The number of likely N-dealkylation sites (tertiary alicyclic amines) is 1. The van der Waals surface area contributed by atoms with Crippen LogP contribution in [0.2, 0.25) is 0 Å². The normalized spacial score (nSPS) is 21.5. The minimum Gasteiger partial charge on any atom is -0.295 e. The van der Waals surface area contributed by atoms with Crippen LogP contribution in [0, 0.1) is 0 Å². The van der Waals surface area contributed by atoms with Gasteiger partial charge in [-0.1, -0.05) is 0 Å². The van der Waals surface area contributed by atoms with Gasteiger partial charge in [0.05, 0.1) is 12.8 Å². The maximum atomic E-state index is 12.4. The lowest BCUT2D eigenvalue weighted by molar-refractivity contribution is -0.140. The molecule has 1 fully saturated rings. The molecule has 2 rings (SSSR count). The number of nitrogens with zero attached hydrogens (tertiary/aromatic N) is 2. The molecule has 0 aromatic carbocycles. The highest BCUT2D eigenvalue weighted by atomic mass is 32.2. The van der Waals surface area contributed by atoms with E-state index < -0.39 is 21.9 Å². The predicted molar refractivity (Wildman–Crippen MR) is 68.8 cm³/mol. The number of sulfonamides is 1. The molecule has 0 amide bonds. The second-order valence-electron chi connectivity index (χ2n) is 4.73. The van der Waals surface area contributed by atoms with Crippen LogP contribution in [0.25, 0.3) is 0 Å². The molecule has 0 radical (unpaired) electrons. The van der Waals surface area contributed by atoms with Gasteiger partial charge in [0.2, 0.25) is 10.0 Å². The van der Waals surface area contributed by atoms with E-state index >= 15 is 0 Å². The van der Waals surface area contributed by atoms with Crippen LogP contribution in [-0.2, 0) is 22.7 Å². The predicted octanol–water partition coefficient (Wildman–Crippen LogP) is 1.29. The summed E-state index contributed by atoms with van der Waals surface area (Å²) in [5.41, 5.74) is -0.873. The second-order valence-corrected chi connectivity index (χ2v) is 7.46. The Morgan fingerprint density at radius 2 is 2.25 bits per heavy atom. The van der Waals surface area contributed by atoms with Crippen molar-refractivity contribution in [1.29, 1.82) is 0 Å². The first-order valence-corrected chi connectivity index (χ1v) is 8.62. The molecule has 114 valence electrons. The van der Waals surface area contributed by atoms with Crippen LogP contribution in [-0.4, -0.2) is 43.7 Å². The molecule has 2 heterocycles. The number of thiazole rings is 1. The highest BCUT2D eigenvalue weighted by Crippen LogP contribution is 2.30. The van der Waals surface area contributed by atoms with Crippen LogP contribution >= 0.6 is 11.3 Å². The van der Waals surface area contributed by atoms with Gasteiger partial charge in [0.25, 0.3) is 0 Å². The summed E-state index contributed by atoms with van der Waals surface area (Å²) >= 11 is 0.966. The molecule has 1 unspecified atom stereocenters. The Labute approximate surface area is 118 Å². The first-order chi connectivity index (χ1) is 9.13. The summed E-state index contributed by atoms with van der Waals surface area (Å²) in [5, 5.41) is 1.38. The quantitative estimate of drug-likeness (QED) is 0.904. The summed E-state index contributed by atoms with van der Waals surface area (Å²) in [6.07, 6.45) is -2.68. The zero-order valence-corrected chi connectivity index (χ0v) is 12.3. The molecule has 0 spiro atoms. The Hall–Kier alpha value is -0.710. The summed E-state index contributed by atoms with van der Waals surface area (Å²) in [5.74, 6) is 0. The molecule has 0 aliphatic carbocycles. The Balaban J connectivity index is 1.91. The number of rotatable bonds is 4. The van der Waals surface area contributed by atoms with Crippen LogP contribution in [0.5, 0.6) is 0 Å². The monoisotopic (exact) mass is 329 g/mol. The Kier molecular flexibility index (Phi) is 4.38. The van der Waals surface area contributed by atoms with Gasteiger partial charge in [0, 0.05) is 24.5 Å². The summed E-state index contributed by atoms with van der Waals surface area (Å²) in [7, 11) is -3.26. The minimum atomic E-state index is -4.42. The second kappa shape index (κ2) is 5.58. The standard InChI is InChI=1S/C10H14F3N3O2S2/c1-20(17,18)15-7-2-3-16(4-7)5-9-14-8(6-19-9)10(11,12)13/h6-7,15H,2-5H2,1H3. The molecule has 1 aromatic rings. The molecule has 5 nitrogen and oxygen atoms in total. The lowest BCUT2D eigenvalue weighted by atomic mass is 10.3. The number of hydrogen-bond donors (Lipinski definition) is 1. The van der Waals surface area contributed by atoms with E-state index in [1.54, 1.807) is 0 Å². The summed E-state index contributed by atoms with van der Waals surface area (Å²) in [6, 6.07) is -0.188. The van der Waals surface area contributed by atoms with Gasteiger partial charge >= 0.3 is 6.18 Å². The largest absolute Gasteiger partial charge is 0.434 e. The zero-order valence-electron chi connectivity index (χ0n) is 10.6. The van der Waals surface area contributed by atoms with Crippen molar-refractivity contribution in [1.82, 2.24) is 14.6 Å². The van der Waals surface area contributed by atoms with Gasteiger partial charge < -0.3 is 0 Å². The molecular formula is C10H14F3N3O2S2. The first-order valence-electron chi connectivity index (χ1n) is 5.85. The third-order valence-corrected chi connectivity index (χ3v) is 4.45. The summed E-state index contributed by atoms with van der Waals surface area (Å²) < 4.78 is 61.9. The van der Waals surface area contributed by atoms with E-state index in [9.17, 15) is 21.6 Å². The van der Waals surface area contributed by atoms with E-state index in [0.29, 0.717) is 31.1 Å². The van der Waals surface area contributed by atoms with Crippen molar-refractivity contribution < 1.29 is 21.6 Å². The molecule has 0 bridgehead atoms.